The molecule has 2 heterocycles. The fourth-order valence-corrected chi connectivity index (χ4v) is 3.12. The summed E-state index contributed by atoms with van der Waals surface area (Å²) < 4.78 is 2.03. The van der Waals surface area contributed by atoms with E-state index in [0.717, 1.165) is 37.2 Å². The molecule has 1 aliphatic heterocycles. The van der Waals surface area contributed by atoms with Crippen LogP contribution < -0.4 is 5.32 Å². The minimum Gasteiger partial charge on any atom is -0.349 e. The van der Waals surface area contributed by atoms with E-state index in [9.17, 15) is 4.79 Å². The van der Waals surface area contributed by atoms with Gasteiger partial charge in [0.1, 0.15) is 0 Å². The van der Waals surface area contributed by atoms with Crippen LogP contribution in [0.1, 0.15) is 37.0 Å². The van der Waals surface area contributed by atoms with E-state index in [1.165, 1.54) is 0 Å². The number of rotatable bonds is 4. The smallest absolute Gasteiger partial charge is 0.251 e. The van der Waals surface area contributed by atoms with Gasteiger partial charge in [0, 0.05) is 48.8 Å². The Morgan fingerprint density at radius 2 is 1.70 bits per heavy atom. The number of hydrogen-bond donors (Lipinski definition) is 1. The van der Waals surface area contributed by atoms with Crippen molar-refractivity contribution < 1.29 is 4.79 Å². The molecule has 1 amide bonds. The molecular formula is C19H25N3O. The standard InChI is InChI=1S/C19H25N3O/c1-15(2)21-13-9-17(10-14-21)20-19(23)16-5-7-18(8-6-16)22-11-3-4-12-22/h3-8,11-12,15,17H,9-10,13-14H2,1-2H3,(H,20,23). The highest BCUT2D eigenvalue weighted by Gasteiger charge is 2.22. The van der Waals surface area contributed by atoms with Gasteiger partial charge in [-0.2, -0.15) is 0 Å². The van der Waals surface area contributed by atoms with Gasteiger partial charge in [-0.3, -0.25) is 4.79 Å². The first-order valence-corrected chi connectivity index (χ1v) is 8.42. The summed E-state index contributed by atoms with van der Waals surface area (Å²) in [5, 5.41) is 3.18. The first-order chi connectivity index (χ1) is 11.1. The lowest BCUT2D eigenvalue weighted by Gasteiger charge is -2.34. The molecule has 2 aromatic rings. The number of nitrogens with one attached hydrogen (secondary N) is 1. The average Bonchev–Trinajstić information content (AvgIpc) is 3.10. The second-order valence-corrected chi connectivity index (χ2v) is 6.51. The molecule has 1 fully saturated rings. The summed E-state index contributed by atoms with van der Waals surface area (Å²) >= 11 is 0. The van der Waals surface area contributed by atoms with Crippen molar-refractivity contribution in [3.8, 4) is 5.69 Å². The molecule has 0 radical (unpaired) electrons. The topological polar surface area (TPSA) is 37.3 Å². The minimum absolute atomic E-state index is 0.0343. The van der Waals surface area contributed by atoms with Gasteiger partial charge in [0.25, 0.3) is 5.91 Å². The van der Waals surface area contributed by atoms with Gasteiger partial charge in [-0.25, -0.2) is 0 Å². The van der Waals surface area contributed by atoms with Crippen LogP contribution in [0.15, 0.2) is 48.8 Å². The predicted octanol–water partition coefficient (Wildman–Crippen LogP) is 3.08. The van der Waals surface area contributed by atoms with Crippen molar-refractivity contribution in [3.63, 3.8) is 0 Å². The molecular weight excluding hydrogens is 286 g/mol. The number of likely N-dealkylation sites (tertiary alicyclic amines) is 1. The van der Waals surface area contributed by atoms with E-state index < -0.39 is 0 Å². The van der Waals surface area contributed by atoms with E-state index in [1.54, 1.807) is 0 Å². The van der Waals surface area contributed by atoms with E-state index in [0.29, 0.717) is 12.1 Å². The molecule has 122 valence electrons. The molecule has 1 aromatic carbocycles. The highest BCUT2D eigenvalue weighted by molar-refractivity contribution is 5.94. The maximum atomic E-state index is 12.4. The number of hydrogen-bond acceptors (Lipinski definition) is 2. The first-order valence-electron chi connectivity index (χ1n) is 8.42. The van der Waals surface area contributed by atoms with E-state index in [-0.39, 0.29) is 5.91 Å². The van der Waals surface area contributed by atoms with Crippen molar-refractivity contribution >= 4 is 5.91 Å². The Balaban J connectivity index is 1.56. The number of amides is 1. The van der Waals surface area contributed by atoms with Crippen molar-refractivity contribution in [3.05, 3.63) is 54.4 Å². The second-order valence-electron chi connectivity index (χ2n) is 6.51. The van der Waals surface area contributed by atoms with Gasteiger partial charge < -0.3 is 14.8 Å². The minimum atomic E-state index is 0.0343. The Bertz CT molecular complexity index is 623. The van der Waals surface area contributed by atoms with Crippen LogP contribution in [0.2, 0.25) is 0 Å². The third kappa shape index (κ3) is 3.82. The Hall–Kier alpha value is -2.07. The van der Waals surface area contributed by atoms with Crippen molar-refractivity contribution in [2.24, 2.45) is 0 Å². The Morgan fingerprint density at radius 1 is 1.09 bits per heavy atom. The lowest BCUT2D eigenvalue weighted by molar-refractivity contribution is 0.0900. The Labute approximate surface area is 138 Å². The summed E-state index contributed by atoms with van der Waals surface area (Å²) in [6, 6.07) is 12.6. The van der Waals surface area contributed by atoms with Gasteiger partial charge in [0.05, 0.1) is 0 Å². The van der Waals surface area contributed by atoms with Gasteiger partial charge in [-0.15, -0.1) is 0 Å². The van der Waals surface area contributed by atoms with Crippen LogP contribution in [0.25, 0.3) is 5.69 Å². The predicted molar refractivity (Wildman–Crippen MR) is 93.0 cm³/mol. The monoisotopic (exact) mass is 311 g/mol. The summed E-state index contributed by atoms with van der Waals surface area (Å²) in [6.45, 7) is 6.58. The number of piperidine rings is 1. The van der Waals surface area contributed by atoms with E-state index >= 15 is 0 Å². The molecule has 0 atom stereocenters. The summed E-state index contributed by atoms with van der Waals surface area (Å²) in [5.41, 5.74) is 1.80. The number of nitrogens with zero attached hydrogens (tertiary/aromatic N) is 2. The van der Waals surface area contributed by atoms with Crippen LogP contribution in [-0.4, -0.2) is 40.5 Å². The fourth-order valence-electron chi connectivity index (χ4n) is 3.12. The van der Waals surface area contributed by atoms with E-state index in [2.05, 4.69) is 24.1 Å². The summed E-state index contributed by atoms with van der Waals surface area (Å²) in [4.78, 5) is 14.9. The maximum absolute atomic E-state index is 12.4. The van der Waals surface area contributed by atoms with E-state index in [4.69, 9.17) is 0 Å². The molecule has 1 N–H and O–H groups in total. The van der Waals surface area contributed by atoms with Gasteiger partial charge in [-0.05, 0) is 63.1 Å². The number of aromatic nitrogens is 1. The maximum Gasteiger partial charge on any atom is 0.251 e. The Morgan fingerprint density at radius 3 is 2.26 bits per heavy atom. The van der Waals surface area contributed by atoms with Gasteiger partial charge >= 0.3 is 0 Å². The van der Waals surface area contributed by atoms with Gasteiger partial charge in [0.2, 0.25) is 0 Å². The van der Waals surface area contributed by atoms with Crippen molar-refractivity contribution in [1.82, 2.24) is 14.8 Å². The van der Waals surface area contributed by atoms with Crippen LogP contribution in [0.3, 0.4) is 0 Å². The third-order valence-electron chi connectivity index (χ3n) is 4.63. The quantitative estimate of drug-likeness (QED) is 0.942. The molecule has 0 bridgehead atoms. The second kappa shape index (κ2) is 7.01. The molecule has 1 saturated heterocycles. The summed E-state index contributed by atoms with van der Waals surface area (Å²) in [5.74, 6) is 0.0343. The highest BCUT2D eigenvalue weighted by atomic mass is 16.1. The van der Waals surface area contributed by atoms with Gasteiger partial charge in [0.15, 0.2) is 0 Å². The molecule has 1 aromatic heterocycles. The van der Waals surface area contributed by atoms with Crippen LogP contribution >= 0.6 is 0 Å². The molecule has 0 spiro atoms. The third-order valence-corrected chi connectivity index (χ3v) is 4.63. The average molecular weight is 311 g/mol. The molecule has 4 nitrogen and oxygen atoms in total. The summed E-state index contributed by atoms with van der Waals surface area (Å²) in [6.07, 6.45) is 6.06. The number of benzene rings is 1. The molecule has 3 rings (SSSR count). The SMILES string of the molecule is CC(C)N1CCC(NC(=O)c2ccc(-n3cccc3)cc2)CC1. The van der Waals surface area contributed by atoms with Gasteiger partial charge in [-0.1, -0.05) is 0 Å². The molecule has 0 aliphatic carbocycles. The molecule has 0 unspecified atom stereocenters. The van der Waals surface area contributed by atoms with Crippen molar-refractivity contribution in [2.75, 3.05) is 13.1 Å². The van der Waals surface area contributed by atoms with Crippen LogP contribution in [0.5, 0.6) is 0 Å². The first kappa shape index (κ1) is 15.8. The fraction of sp³-hybridized carbons (Fsp3) is 0.421. The zero-order valence-electron chi connectivity index (χ0n) is 13.9. The van der Waals surface area contributed by atoms with Crippen LogP contribution in [-0.2, 0) is 0 Å². The normalized spacial score (nSPS) is 16.7. The van der Waals surface area contributed by atoms with Crippen LogP contribution in [0, 0.1) is 0 Å². The molecule has 23 heavy (non-hydrogen) atoms. The molecule has 4 heteroatoms. The molecule has 1 aliphatic rings. The number of carbonyl (C=O) groups is 1. The lowest BCUT2D eigenvalue weighted by Crippen LogP contribution is -2.46. The molecule has 0 saturated carbocycles. The zero-order valence-corrected chi connectivity index (χ0v) is 13.9. The Kier molecular flexibility index (Phi) is 4.82. The summed E-state index contributed by atoms with van der Waals surface area (Å²) in [7, 11) is 0. The lowest BCUT2D eigenvalue weighted by atomic mass is 10.0. The highest BCUT2D eigenvalue weighted by Crippen LogP contribution is 2.14. The largest absolute Gasteiger partial charge is 0.349 e. The zero-order chi connectivity index (χ0) is 16.2. The van der Waals surface area contributed by atoms with Crippen LogP contribution in [0.4, 0.5) is 0 Å². The van der Waals surface area contributed by atoms with Crippen molar-refractivity contribution in [1.29, 1.82) is 0 Å². The van der Waals surface area contributed by atoms with Crippen molar-refractivity contribution in [2.45, 2.75) is 38.8 Å². The van der Waals surface area contributed by atoms with E-state index in [1.807, 2.05) is 53.4 Å². The number of carbonyl (C=O) groups excluding carboxylic acids is 1.